The van der Waals surface area contributed by atoms with E-state index in [4.69, 9.17) is 0 Å². The van der Waals surface area contributed by atoms with Crippen LogP contribution in [0.3, 0.4) is 0 Å². The second kappa shape index (κ2) is 7.16. The van der Waals surface area contributed by atoms with E-state index in [1.54, 1.807) is 12.1 Å². The second-order valence-electron chi connectivity index (χ2n) is 4.02. The lowest BCUT2D eigenvalue weighted by Gasteiger charge is -2.00. The lowest BCUT2D eigenvalue weighted by molar-refractivity contribution is 0.590. The van der Waals surface area contributed by atoms with E-state index >= 15 is 0 Å². The Morgan fingerprint density at radius 2 is 2.19 bits per heavy atom. The molecule has 0 aliphatic heterocycles. The van der Waals surface area contributed by atoms with Gasteiger partial charge in [0.1, 0.15) is 5.82 Å². The van der Waals surface area contributed by atoms with E-state index in [9.17, 15) is 12.8 Å². The highest BCUT2D eigenvalue weighted by Gasteiger charge is 2.06. The summed E-state index contributed by atoms with van der Waals surface area (Å²) in [4.78, 5) is 0. The average Bonchev–Trinajstić information content (AvgIpc) is 2.81. The summed E-state index contributed by atoms with van der Waals surface area (Å²) < 4.78 is 37.9. The predicted octanol–water partition coefficient (Wildman–Crippen LogP) is 2.06. The summed E-state index contributed by atoms with van der Waals surface area (Å²) in [5, 5.41) is 11.4. The lowest BCUT2D eigenvalue weighted by Crippen LogP contribution is -2.24. The molecule has 0 amide bonds. The van der Waals surface area contributed by atoms with E-state index in [-0.39, 0.29) is 5.82 Å². The van der Waals surface area contributed by atoms with Crippen molar-refractivity contribution in [3.8, 4) is 0 Å². The standard InChI is InChI=1S/C11H13FN4O2S3/c1-21(17,18)13-5-6-19-11-16-15-10(20-11)14-9-4-2-3-8(12)7-9/h2-4,7,13H,5-6H2,1H3,(H,14,15). The topological polar surface area (TPSA) is 84.0 Å². The number of nitrogens with zero attached hydrogens (tertiary/aromatic N) is 2. The smallest absolute Gasteiger partial charge is 0.210 e. The van der Waals surface area contributed by atoms with Gasteiger partial charge in [0.25, 0.3) is 0 Å². The number of sulfonamides is 1. The third-order valence-corrected chi connectivity index (χ3v) is 4.88. The number of nitrogens with one attached hydrogen (secondary N) is 2. The minimum Gasteiger partial charge on any atom is -0.330 e. The van der Waals surface area contributed by atoms with Crippen LogP contribution in [0.1, 0.15) is 0 Å². The predicted molar refractivity (Wildman–Crippen MR) is 83.2 cm³/mol. The van der Waals surface area contributed by atoms with E-state index in [2.05, 4.69) is 20.2 Å². The molecule has 0 aliphatic carbocycles. The molecular weight excluding hydrogens is 335 g/mol. The molecule has 114 valence electrons. The van der Waals surface area contributed by atoms with Crippen molar-refractivity contribution in [2.24, 2.45) is 0 Å². The van der Waals surface area contributed by atoms with E-state index < -0.39 is 10.0 Å². The molecule has 1 heterocycles. The summed E-state index contributed by atoms with van der Waals surface area (Å²) in [7, 11) is -3.16. The fourth-order valence-electron chi connectivity index (χ4n) is 1.37. The molecule has 21 heavy (non-hydrogen) atoms. The SMILES string of the molecule is CS(=O)(=O)NCCSc1nnc(Nc2cccc(F)c2)s1. The quantitative estimate of drug-likeness (QED) is 0.589. The van der Waals surface area contributed by atoms with Gasteiger partial charge in [0.15, 0.2) is 4.34 Å². The number of benzene rings is 1. The van der Waals surface area contributed by atoms with Gasteiger partial charge in [-0.1, -0.05) is 29.2 Å². The fourth-order valence-corrected chi connectivity index (χ4v) is 3.67. The van der Waals surface area contributed by atoms with Crippen molar-refractivity contribution in [3.63, 3.8) is 0 Å². The largest absolute Gasteiger partial charge is 0.330 e. The monoisotopic (exact) mass is 348 g/mol. The van der Waals surface area contributed by atoms with Crippen LogP contribution in [0.15, 0.2) is 28.6 Å². The van der Waals surface area contributed by atoms with Gasteiger partial charge in [0.05, 0.1) is 6.26 Å². The van der Waals surface area contributed by atoms with Gasteiger partial charge in [-0.2, -0.15) is 0 Å². The van der Waals surface area contributed by atoms with Crippen LogP contribution < -0.4 is 10.0 Å². The van der Waals surface area contributed by atoms with Gasteiger partial charge in [-0.3, -0.25) is 0 Å². The van der Waals surface area contributed by atoms with Crippen LogP contribution in [-0.4, -0.2) is 37.2 Å². The maximum atomic E-state index is 13.0. The Morgan fingerprint density at radius 3 is 2.90 bits per heavy atom. The number of hydrogen-bond acceptors (Lipinski definition) is 7. The van der Waals surface area contributed by atoms with Crippen molar-refractivity contribution in [2.75, 3.05) is 23.9 Å². The highest BCUT2D eigenvalue weighted by molar-refractivity contribution is 8.01. The lowest BCUT2D eigenvalue weighted by atomic mass is 10.3. The van der Waals surface area contributed by atoms with Crippen LogP contribution in [0.2, 0.25) is 0 Å². The summed E-state index contributed by atoms with van der Waals surface area (Å²) in [6, 6.07) is 6.06. The molecular formula is C11H13FN4O2S3. The van der Waals surface area contributed by atoms with Crippen molar-refractivity contribution in [2.45, 2.75) is 4.34 Å². The summed E-state index contributed by atoms with van der Waals surface area (Å²) >= 11 is 2.72. The molecule has 2 N–H and O–H groups in total. The van der Waals surface area contributed by atoms with Crippen LogP contribution in [0.25, 0.3) is 0 Å². The number of rotatable bonds is 7. The number of hydrogen-bond donors (Lipinski definition) is 2. The van der Waals surface area contributed by atoms with Gasteiger partial charge in [0.2, 0.25) is 15.2 Å². The second-order valence-corrected chi connectivity index (χ2v) is 8.18. The molecule has 0 aliphatic rings. The van der Waals surface area contributed by atoms with Crippen LogP contribution in [0.4, 0.5) is 15.2 Å². The molecule has 10 heteroatoms. The Hall–Kier alpha value is -1.23. The van der Waals surface area contributed by atoms with Crippen molar-refractivity contribution < 1.29 is 12.8 Å². The Morgan fingerprint density at radius 1 is 1.38 bits per heavy atom. The zero-order valence-corrected chi connectivity index (χ0v) is 13.5. The van der Waals surface area contributed by atoms with E-state index in [0.29, 0.717) is 27.5 Å². The van der Waals surface area contributed by atoms with Gasteiger partial charge < -0.3 is 5.32 Å². The molecule has 0 saturated heterocycles. The maximum absolute atomic E-state index is 13.0. The minimum absolute atomic E-state index is 0.328. The Labute approximate surface area is 130 Å². The van der Waals surface area contributed by atoms with E-state index in [0.717, 1.165) is 6.26 Å². The molecule has 0 fully saturated rings. The molecule has 2 rings (SSSR count). The highest BCUT2D eigenvalue weighted by Crippen LogP contribution is 2.27. The van der Waals surface area contributed by atoms with Gasteiger partial charge in [0, 0.05) is 18.0 Å². The molecule has 1 aromatic heterocycles. The Balaban J connectivity index is 1.84. The van der Waals surface area contributed by atoms with Crippen molar-refractivity contribution in [3.05, 3.63) is 30.1 Å². The molecule has 0 saturated carbocycles. The first kappa shape index (κ1) is 16.1. The molecule has 0 bridgehead atoms. The van der Waals surface area contributed by atoms with Crippen LogP contribution >= 0.6 is 23.1 Å². The Kier molecular flexibility index (Phi) is 5.51. The third-order valence-electron chi connectivity index (χ3n) is 2.17. The summed E-state index contributed by atoms with van der Waals surface area (Å²) in [6.07, 6.45) is 1.11. The summed E-state index contributed by atoms with van der Waals surface area (Å²) in [5.74, 6) is 0.229. The first-order valence-electron chi connectivity index (χ1n) is 5.86. The van der Waals surface area contributed by atoms with Crippen molar-refractivity contribution in [1.82, 2.24) is 14.9 Å². The molecule has 0 radical (unpaired) electrons. The first-order valence-corrected chi connectivity index (χ1v) is 9.55. The Bertz CT molecular complexity index is 705. The molecule has 0 atom stereocenters. The maximum Gasteiger partial charge on any atom is 0.210 e. The zero-order valence-electron chi connectivity index (χ0n) is 11.0. The normalized spacial score (nSPS) is 11.5. The number of thioether (sulfide) groups is 1. The van der Waals surface area contributed by atoms with Crippen molar-refractivity contribution >= 4 is 43.9 Å². The molecule has 6 nitrogen and oxygen atoms in total. The van der Waals surface area contributed by atoms with Gasteiger partial charge in [-0.15, -0.1) is 10.2 Å². The zero-order chi connectivity index (χ0) is 15.3. The van der Waals surface area contributed by atoms with Gasteiger partial charge >= 0.3 is 0 Å². The van der Waals surface area contributed by atoms with Gasteiger partial charge in [-0.05, 0) is 18.2 Å². The van der Waals surface area contributed by atoms with Crippen LogP contribution in [0.5, 0.6) is 0 Å². The first-order chi connectivity index (χ1) is 9.92. The average molecular weight is 348 g/mol. The third kappa shape index (κ3) is 5.96. The molecule has 0 unspecified atom stereocenters. The summed E-state index contributed by atoms with van der Waals surface area (Å²) in [6.45, 7) is 0.329. The highest BCUT2D eigenvalue weighted by atomic mass is 32.2. The number of anilines is 2. The number of aromatic nitrogens is 2. The van der Waals surface area contributed by atoms with Crippen molar-refractivity contribution in [1.29, 1.82) is 0 Å². The minimum atomic E-state index is -3.16. The molecule has 0 spiro atoms. The summed E-state index contributed by atoms with van der Waals surface area (Å²) in [5.41, 5.74) is 0.599. The van der Waals surface area contributed by atoms with Crippen LogP contribution in [-0.2, 0) is 10.0 Å². The van der Waals surface area contributed by atoms with E-state index in [1.165, 1.54) is 35.2 Å². The van der Waals surface area contributed by atoms with Gasteiger partial charge in [-0.25, -0.2) is 17.5 Å². The number of halogens is 1. The van der Waals surface area contributed by atoms with Crippen LogP contribution in [0, 0.1) is 5.82 Å². The van der Waals surface area contributed by atoms with E-state index in [1.807, 2.05) is 0 Å². The fraction of sp³-hybridized carbons (Fsp3) is 0.273. The molecule has 2 aromatic rings. The molecule has 1 aromatic carbocycles.